The van der Waals surface area contributed by atoms with Crippen LogP contribution in [0.1, 0.15) is 32.3 Å². The zero-order valence-corrected chi connectivity index (χ0v) is 13.2. The van der Waals surface area contributed by atoms with Gasteiger partial charge < -0.3 is 5.32 Å². The number of nitrogens with one attached hydrogen (secondary N) is 1. The molecule has 6 heteroatoms. The van der Waals surface area contributed by atoms with Crippen LogP contribution in [-0.4, -0.2) is 32.4 Å². The van der Waals surface area contributed by atoms with Crippen molar-refractivity contribution in [2.24, 2.45) is 5.92 Å². The van der Waals surface area contributed by atoms with Gasteiger partial charge in [-0.15, -0.1) is 11.3 Å². The Morgan fingerprint density at radius 1 is 1.47 bits per heavy atom. The van der Waals surface area contributed by atoms with E-state index in [4.69, 9.17) is 0 Å². The van der Waals surface area contributed by atoms with E-state index in [0.29, 0.717) is 23.2 Å². The highest BCUT2D eigenvalue weighted by Gasteiger charge is 2.32. The van der Waals surface area contributed by atoms with Gasteiger partial charge in [0.15, 0.2) is 0 Å². The molecule has 0 aliphatic carbocycles. The summed E-state index contributed by atoms with van der Waals surface area (Å²) in [5.41, 5.74) is 1.05. The molecule has 2 rings (SSSR count). The highest BCUT2D eigenvalue weighted by Crippen LogP contribution is 2.29. The van der Waals surface area contributed by atoms with E-state index in [1.54, 1.807) is 4.31 Å². The fraction of sp³-hybridized carbons (Fsp3) is 0.692. The Labute approximate surface area is 119 Å². The topological polar surface area (TPSA) is 49.4 Å². The van der Waals surface area contributed by atoms with Crippen LogP contribution in [0.2, 0.25) is 0 Å². The van der Waals surface area contributed by atoms with Crippen molar-refractivity contribution in [2.75, 3.05) is 19.6 Å². The third-order valence-corrected chi connectivity index (χ3v) is 6.96. The van der Waals surface area contributed by atoms with E-state index in [1.807, 2.05) is 18.4 Å². The highest BCUT2D eigenvalue weighted by molar-refractivity contribution is 7.91. The molecule has 19 heavy (non-hydrogen) atoms. The number of sulfonamides is 1. The van der Waals surface area contributed by atoms with Crippen molar-refractivity contribution < 1.29 is 8.42 Å². The zero-order chi connectivity index (χ0) is 13.9. The Bertz CT molecular complexity index is 510. The summed E-state index contributed by atoms with van der Waals surface area (Å²) >= 11 is 1.33. The maximum Gasteiger partial charge on any atom is 0.252 e. The molecule has 2 heterocycles. The first-order valence-electron chi connectivity index (χ1n) is 6.86. The summed E-state index contributed by atoms with van der Waals surface area (Å²) in [6.07, 6.45) is 2.05. The normalized spacial score (nSPS) is 21.1. The van der Waals surface area contributed by atoms with Gasteiger partial charge in [0, 0.05) is 19.6 Å². The van der Waals surface area contributed by atoms with Crippen molar-refractivity contribution in [1.82, 2.24) is 9.62 Å². The van der Waals surface area contributed by atoms with Crippen LogP contribution in [0.15, 0.2) is 15.7 Å². The van der Waals surface area contributed by atoms with Crippen LogP contribution in [0, 0.1) is 5.92 Å². The second-order valence-corrected chi connectivity index (χ2v) is 8.06. The van der Waals surface area contributed by atoms with Crippen molar-refractivity contribution in [3.8, 4) is 0 Å². The van der Waals surface area contributed by atoms with Crippen LogP contribution < -0.4 is 5.32 Å². The van der Waals surface area contributed by atoms with Gasteiger partial charge in [-0.05, 0) is 35.9 Å². The first-order valence-corrected chi connectivity index (χ1v) is 9.18. The fourth-order valence-corrected chi connectivity index (χ4v) is 5.22. The molecule has 0 amide bonds. The summed E-state index contributed by atoms with van der Waals surface area (Å²) in [6.45, 7) is 7.14. The molecule has 1 aromatic heterocycles. The molecule has 1 fully saturated rings. The molecule has 1 aromatic rings. The van der Waals surface area contributed by atoms with Crippen molar-refractivity contribution in [3.05, 3.63) is 17.0 Å². The van der Waals surface area contributed by atoms with E-state index < -0.39 is 10.0 Å². The van der Waals surface area contributed by atoms with Gasteiger partial charge in [0.2, 0.25) is 0 Å². The molecule has 0 bridgehead atoms. The lowest BCUT2D eigenvalue weighted by Crippen LogP contribution is -2.28. The Balaban J connectivity index is 2.09. The van der Waals surface area contributed by atoms with E-state index in [0.717, 1.165) is 31.5 Å². The second kappa shape index (κ2) is 6.35. The third-order valence-electron chi connectivity index (χ3n) is 3.63. The first kappa shape index (κ1) is 15.0. The van der Waals surface area contributed by atoms with Gasteiger partial charge in [-0.3, -0.25) is 0 Å². The number of rotatable bonds is 6. The molecule has 0 aromatic carbocycles. The molecule has 1 aliphatic heterocycles. The summed E-state index contributed by atoms with van der Waals surface area (Å²) in [7, 11) is -3.26. The Kier molecular flexibility index (Phi) is 5.00. The molecular formula is C13H22N2O2S2. The van der Waals surface area contributed by atoms with Crippen LogP contribution in [0.25, 0.3) is 0 Å². The summed E-state index contributed by atoms with van der Waals surface area (Å²) in [4.78, 5) is 0. The van der Waals surface area contributed by atoms with Gasteiger partial charge in [-0.25, -0.2) is 8.42 Å². The fourth-order valence-electron chi connectivity index (χ4n) is 2.33. The molecule has 1 aliphatic rings. The minimum atomic E-state index is -3.26. The Morgan fingerprint density at radius 3 is 2.89 bits per heavy atom. The van der Waals surface area contributed by atoms with Crippen molar-refractivity contribution in [2.45, 2.75) is 37.4 Å². The summed E-state index contributed by atoms with van der Waals surface area (Å²) in [5, 5.41) is 5.15. The molecule has 0 saturated carbocycles. The average Bonchev–Trinajstić information content (AvgIpc) is 3.05. The lowest BCUT2D eigenvalue weighted by Gasteiger charge is -2.14. The van der Waals surface area contributed by atoms with Gasteiger partial charge >= 0.3 is 0 Å². The molecule has 0 radical (unpaired) electrons. The number of nitrogens with zero attached hydrogens (tertiary/aromatic N) is 1. The number of thiophene rings is 1. The summed E-state index contributed by atoms with van der Waals surface area (Å²) < 4.78 is 27.1. The van der Waals surface area contributed by atoms with Gasteiger partial charge in [0.1, 0.15) is 4.21 Å². The summed E-state index contributed by atoms with van der Waals surface area (Å²) in [5.74, 6) is 0.524. The predicted octanol–water partition coefficient (Wildman–Crippen LogP) is 2.28. The lowest BCUT2D eigenvalue weighted by molar-refractivity contribution is 0.454. The molecule has 4 nitrogen and oxygen atoms in total. The number of hydrogen-bond donors (Lipinski definition) is 1. The van der Waals surface area contributed by atoms with Crippen LogP contribution in [0.5, 0.6) is 0 Å². The Morgan fingerprint density at radius 2 is 2.26 bits per heavy atom. The van der Waals surface area contributed by atoms with Gasteiger partial charge in [0.25, 0.3) is 10.0 Å². The maximum absolute atomic E-state index is 12.5. The third kappa shape index (κ3) is 3.37. The van der Waals surface area contributed by atoms with Crippen LogP contribution in [-0.2, 0) is 16.6 Å². The number of hydrogen-bond acceptors (Lipinski definition) is 4. The quantitative estimate of drug-likeness (QED) is 0.877. The molecule has 1 unspecified atom stereocenters. The zero-order valence-electron chi connectivity index (χ0n) is 11.6. The molecule has 1 atom stereocenters. The van der Waals surface area contributed by atoms with Crippen LogP contribution >= 0.6 is 11.3 Å². The molecular weight excluding hydrogens is 280 g/mol. The predicted molar refractivity (Wildman–Crippen MR) is 78.9 cm³/mol. The standard InChI is InChI=1S/C13H22N2O2S2/c1-3-11-5-6-15(9-11)19(16,17)13-7-12(10-18-13)8-14-4-2/h7,10-11,14H,3-6,8-9H2,1-2H3. The molecule has 1 N–H and O–H groups in total. The van der Waals surface area contributed by atoms with Gasteiger partial charge in [0.05, 0.1) is 0 Å². The van der Waals surface area contributed by atoms with Crippen molar-refractivity contribution >= 4 is 21.4 Å². The van der Waals surface area contributed by atoms with E-state index in [1.165, 1.54) is 11.3 Å². The minimum absolute atomic E-state index is 0.483. The van der Waals surface area contributed by atoms with Crippen LogP contribution in [0.3, 0.4) is 0 Å². The average molecular weight is 302 g/mol. The van der Waals surface area contributed by atoms with E-state index >= 15 is 0 Å². The van der Waals surface area contributed by atoms with Crippen LogP contribution in [0.4, 0.5) is 0 Å². The van der Waals surface area contributed by atoms with E-state index in [9.17, 15) is 8.42 Å². The monoisotopic (exact) mass is 302 g/mol. The van der Waals surface area contributed by atoms with Gasteiger partial charge in [-0.1, -0.05) is 20.3 Å². The first-order chi connectivity index (χ1) is 9.07. The minimum Gasteiger partial charge on any atom is -0.313 e. The molecule has 108 valence electrons. The highest BCUT2D eigenvalue weighted by atomic mass is 32.2. The van der Waals surface area contributed by atoms with Gasteiger partial charge in [-0.2, -0.15) is 4.31 Å². The molecule has 0 spiro atoms. The maximum atomic E-state index is 12.5. The summed E-state index contributed by atoms with van der Waals surface area (Å²) in [6, 6.07) is 1.81. The molecule has 1 saturated heterocycles. The van der Waals surface area contributed by atoms with Crippen molar-refractivity contribution in [1.29, 1.82) is 0 Å². The van der Waals surface area contributed by atoms with E-state index in [-0.39, 0.29) is 0 Å². The Hall–Kier alpha value is -0.430. The van der Waals surface area contributed by atoms with E-state index in [2.05, 4.69) is 12.2 Å². The smallest absolute Gasteiger partial charge is 0.252 e. The second-order valence-electron chi connectivity index (χ2n) is 4.98. The largest absolute Gasteiger partial charge is 0.313 e. The SMILES string of the molecule is CCNCc1csc(S(=O)(=O)N2CCC(CC)C2)c1. The van der Waals surface area contributed by atoms with Crippen molar-refractivity contribution in [3.63, 3.8) is 0 Å². The lowest BCUT2D eigenvalue weighted by atomic mass is 10.1.